The van der Waals surface area contributed by atoms with Crippen molar-refractivity contribution >= 4 is 15.9 Å². The Balaban J connectivity index is 1.69. The van der Waals surface area contributed by atoms with Crippen molar-refractivity contribution in [1.82, 2.24) is 0 Å². The Labute approximate surface area is 132 Å². The molecule has 2 bridgehead atoms. The van der Waals surface area contributed by atoms with E-state index in [4.69, 9.17) is 0 Å². The van der Waals surface area contributed by atoms with Gasteiger partial charge < -0.3 is 0 Å². The van der Waals surface area contributed by atoms with Crippen LogP contribution in [0, 0.1) is 17.8 Å². The van der Waals surface area contributed by atoms with E-state index < -0.39 is 0 Å². The van der Waals surface area contributed by atoms with Gasteiger partial charge in [0.15, 0.2) is 0 Å². The molecule has 2 aliphatic rings. The van der Waals surface area contributed by atoms with Crippen LogP contribution >= 0.6 is 15.9 Å². The van der Waals surface area contributed by atoms with E-state index in [1.54, 1.807) is 5.56 Å². The van der Waals surface area contributed by atoms with Crippen LogP contribution in [0.15, 0.2) is 18.2 Å². The second-order valence-electron chi connectivity index (χ2n) is 6.87. The van der Waals surface area contributed by atoms with Crippen molar-refractivity contribution in [2.75, 3.05) is 0 Å². The summed E-state index contributed by atoms with van der Waals surface area (Å²) < 4.78 is 0. The lowest BCUT2D eigenvalue weighted by Gasteiger charge is -2.24. The molecular formula is C19H27Br. The lowest BCUT2D eigenvalue weighted by atomic mass is 9.84. The quantitative estimate of drug-likeness (QED) is 0.573. The Bertz CT molecular complexity index is 465. The maximum Gasteiger partial charge on any atom is 0.0398 e. The minimum atomic E-state index is 0.558. The Morgan fingerprint density at radius 3 is 2.50 bits per heavy atom. The zero-order valence-electron chi connectivity index (χ0n) is 12.9. The number of aryl methyl sites for hydroxylation is 2. The van der Waals surface area contributed by atoms with Crippen molar-refractivity contribution in [2.45, 2.75) is 63.6 Å². The van der Waals surface area contributed by atoms with Crippen LogP contribution < -0.4 is 0 Å². The maximum atomic E-state index is 3.98. The van der Waals surface area contributed by atoms with Gasteiger partial charge in [-0.25, -0.2) is 0 Å². The number of halogens is 1. The van der Waals surface area contributed by atoms with Gasteiger partial charge in [0.2, 0.25) is 0 Å². The number of benzene rings is 1. The van der Waals surface area contributed by atoms with Gasteiger partial charge in [-0.3, -0.25) is 0 Å². The van der Waals surface area contributed by atoms with Crippen LogP contribution in [0.25, 0.3) is 0 Å². The van der Waals surface area contributed by atoms with Crippen LogP contribution in [-0.4, -0.2) is 0 Å². The minimum Gasteiger partial charge on any atom is -0.0839 e. The molecule has 4 atom stereocenters. The highest BCUT2D eigenvalue weighted by atomic mass is 79.9. The highest BCUT2D eigenvalue weighted by Gasteiger charge is 2.39. The molecule has 0 saturated heterocycles. The third-order valence-corrected chi connectivity index (χ3v) is 6.65. The molecule has 0 aromatic heterocycles. The van der Waals surface area contributed by atoms with Crippen molar-refractivity contribution in [2.24, 2.45) is 17.8 Å². The smallest absolute Gasteiger partial charge is 0.0398 e. The predicted octanol–water partition coefficient (Wildman–Crippen LogP) is 6.07. The number of hydrogen-bond donors (Lipinski definition) is 0. The first-order valence-corrected chi connectivity index (χ1v) is 9.38. The standard InChI is InChI=1S/C19H27Br/c1-3-14-7-8-17(11-15(14)4-2)19(20)12-18-10-13-5-6-16(18)9-13/h7-8,11,13,16,18-19H,3-6,9-10,12H2,1-2H3. The van der Waals surface area contributed by atoms with Gasteiger partial charge in [-0.15, -0.1) is 0 Å². The molecule has 20 heavy (non-hydrogen) atoms. The fraction of sp³-hybridized carbons (Fsp3) is 0.684. The Morgan fingerprint density at radius 1 is 1.10 bits per heavy atom. The molecule has 1 aromatic rings. The molecule has 2 fully saturated rings. The molecule has 0 nitrogen and oxygen atoms in total. The summed E-state index contributed by atoms with van der Waals surface area (Å²) in [5, 5.41) is 0. The summed E-state index contributed by atoms with van der Waals surface area (Å²) in [6.45, 7) is 4.53. The summed E-state index contributed by atoms with van der Waals surface area (Å²) in [6, 6.07) is 7.15. The first-order chi connectivity index (χ1) is 9.71. The Morgan fingerprint density at radius 2 is 1.90 bits per heavy atom. The SMILES string of the molecule is CCc1ccc(C(Br)CC2CC3CCC2C3)cc1CC. The summed E-state index contributed by atoms with van der Waals surface area (Å²) >= 11 is 3.98. The zero-order valence-corrected chi connectivity index (χ0v) is 14.5. The topological polar surface area (TPSA) is 0 Å². The van der Waals surface area contributed by atoms with Gasteiger partial charge in [0.25, 0.3) is 0 Å². The number of alkyl halides is 1. The minimum absolute atomic E-state index is 0.558. The van der Waals surface area contributed by atoms with E-state index in [0.717, 1.165) is 30.6 Å². The van der Waals surface area contributed by atoms with E-state index >= 15 is 0 Å². The highest BCUT2D eigenvalue weighted by Crippen LogP contribution is 2.52. The monoisotopic (exact) mass is 334 g/mol. The zero-order chi connectivity index (χ0) is 14.1. The Kier molecular flexibility index (Phi) is 4.55. The molecule has 3 rings (SSSR count). The van der Waals surface area contributed by atoms with Crippen molar-refractivity contribution in [3.05, 3.63) is 34.9 Å². The molecule has 0 spiro atoms. The van der Waals surface area contributed by atoms with Gasteiger partial charge in [0.1, 0.15) is 0 Å². The van der Waals surface area contributed by atoms with E-state index in [-0.39, 0.29) is 0 Å². The number of rotatable bonds is 5. The largest absolute Gasteiger partial charge is 0.0839 e. The van der Waals surface area contributed by atoms with Gasteiger partial charge in [-0.2, -0.15) is 0 Å². The molecule has 110 valence electrons. The van der Waals surface area contributed by atoms with Crippen molar-refractivity contribution < 1.29 is 0 Å². The number of fused-ring (bicyclic) bond motifs is 2. The molecule has 1 aromatic carbocycles. The third-order valence-electron chi connectivity index (χ3n) is 5.75. The van der Waals surface area contributed by atoms with E-state index in [0.29, 0.717) is 4.83 Å². The molecule has 2 saturated carbocycles. The summed E-state index contributed by atoms with van der Waals surface area (Å²) in [6.07, 6.45) is 9.70. The van der Waals surface area contributed by atoms with Crippen LogP contribution in [0.2, 0.25) is 0 Å². The molecule has 1 heteroatoms. The van der Waals surface area contributed by atoms with Crippen molar-refractivity contribution in [3.63, 3.8) is 0 Å². The summed E-state index contributed by atoms with van der Waals surface area (Å²) in [4.78, 5) is 0.558. The maximum absolute atomic E-state index is 3.98. The van der Waals surface area contributed by atoms with Gasteiger partial charge >= 0.3 is 0 Å². The van der Waals surface area contributed by atoms with Gasteiger partial charge in [0.05, 0.1) is 0 Å². The average molecular weight is 335 g/mol. The van der Waals surface area contributed by atoms with Gasteiger partial charge in [0, 0.05) is 4.83 Å². The van der Waals surface area contributed by atoms with E-state index in [1.165, 1.54) is 43.2 Å². The third kappa shape index (κ3) is 2.84. The fourth-order valence-corrected chi connectivity index (χ4v) is 5.35. The van der Waals surface area contributed by atoms with Crippen LogP contribution in [0.5, 0.6) is 0 Å². The van der Waals surface area contributed by atoms with E-state index in [2.05, 4.69) is 48.0 Å². The summed E-state index contributed by atoms with van der Waals surface area (Å²) in [5.41, 5.74) is 4.57. The van der Waals surface area contributed by atoms with Gasteiger partial charge in [-0.05, 0) is 73.0 Å². The average Bonchev–Trinajstić information content (AvgIpc) is 3.09. The van der Waals surface area contributed by atoms with Crippen LogP contribution in [0.1, 0.15) is 67.5 Å². The second kappa shape index (κ2) is 6.22. The summed E-state index contributed by atoms with van der Waals surface area (Å²) in [5.74, 6) is 3.09. The predicted molar refractivity (Wildman–Crippen MR) is 90.4 cm³/mol. The molecule has 0 heterocycles. The van der Waals surface area contributed by atoms with E-state index in [1.807, 2.05) is 0 Å². The summed E-state index contributed by atoms with van der Waals surface area (Å²) in [7, 11) is 0. The number of hydrogen-bond acceptors (Lipinski definition) is 0. The van der Waals surface area contributed by atoms with Gasteiger partial charge in [-0.1, -0.05) is 54.4 Å². The molecule has 4 unspecified atom stereocenters. The molecule has 0 aliphatic heterocycles. The van der Waals surface area contributed by atoms with Crippen molar-refractivity contribution in [1.29, 1.82) is 0 Å². The van der Waals surface area contributed by atoms with Crippen LogP contribution in [0.3, 0.4) is 0 Å². The lowest BCUT2D eigenvalue weighted by molar-refractivity contribution is 0.314. The normalized spacial score (nSPS) is 29.9. The van der Waals surface area contributed by atoms with Crippen LogP contribution in [0.4, 0.5) is 0 Å². The van der Waals surface area contributed by atoms with E-state index in [9.17, 15) is 0 Å². The Hall–Kier alpha value is -0.300. The van der Waals surface area contributed by atoms with Crippen molar-refractivity contribution in [3.8, 4) is 0 Å². The molecule has 0 N–H and O–H groups in total. The molecule has 0 amide bonds. The second-order valence-corrected chi connectivity index (χ2v) is 7.98. The van der Waals surface area contributed by atoms with Crippen LogP contribution in [-0.2, 0) is 12.8 Å². The highest BCUT2D eigenvalue weighted by molar-refractivity contribution is 9.09. The lowest BCUT2D eigenvalue weighted by Crippen LogP contribution is -2.12. The first-order valence-electron chi connectivity index (χ1n) is 8.47. The first kappa shape index (κ1) is 14.6. The molecule has 2 aliphatic carbocycles. The molecule has 0 radical (unpaired) electrons. The fourth-order valence-electron chi connectivity index (χ4n) is 4.58. The molecular weight excluding hydrogens is 308 g/mol.